The van der Waals surface area contributed by atoms with Gasteiger partial charge in [-0.2, -0.15) is 0 Å². The van der Waals surface area contributed by atoms with E-state index in [1.54, 1.807) is 0 Å². The lowest BCUT2D eigenvalue weighted by Gasteiger charge is -2.32. The highest BCUT2D eigenvalue weighted by Crippen LogP contribution is 2.30. The van der Waals surface area contributed by atoms with Crippen molar-refractivity contribution in [3.05, 3.63) is 24.0 Å². The molecule has 5 heteroatoms. The summed E-state index contributed by atoms with van der Waals surface area (Å²) in [5, 5.41) is 0. The minimum absolute atomic E-state index is 0.0422. The van der Waals surface area contributed by atoms with Crippen LogP contribution in [0.3, 0.4) is 0 Å². The molecule has 0 saturated carbocycles. The monoisotopic (exact) mass is 288 g/mol. The number of primary amides is 1. The molecule has 1 amide bonds. The van der Waals surface area contributed by atoms with Crippen molar-refractivity contribution in [1.29, 1.82) is 0 Å². The van der Waals surface area contributed by atoms with E-state index in [1.165, 1.54) is 18.5 Å². The third kappa shape index (κ3) is 3.02. The molecule has 1 aromatic rings. The standard InChI is InChI=1S/C16H24N4O/c1-19-8-2-3-15(19)14-5-4-13(11-18-14)20-9-6-12(7-10-20)16(17)21/h4-5,11-12,15H,2-3,6-10H2,1H3,(H2,17,21). The predicted octanol–water partition coefficient (Wildman–Crippen LogP) is 1.55. The van der Waals surface area contributed by atoms with Gasteiger partial charge in [0, 0.05) is 19.0 Å². The van der Waals surface area contributed by atoms with Crippen molar-refractivity contribution < 1.29 is 4.79 Å². The van der Waals surface area contributed by atoms with E-state index in [0.717, 1.165) is 38.2 Å². The van der Waals surface area contributed by atoms with E-state index >= 15 is 0 Å². The molecule has 1 unspecified atom stereocenters. The van der Waals surface area contributed by atoms with Crippen LogP contribution in [0.25, 0.3) is 0 Å². The van der Waals surface area contributed by atoms with Gasteiger partial charge in [-0.15, -0.1) is 0 Å². The molecule has 1 atom stereocenters. The molecule has 3 heterocycles. The van der Waals surface area contributed by atoms with Gasteiger partial charge in [0.15, 0.2) is 0 Å². The highest BCUT2D eigenvalue weighted by Gasteiger charge is 2.25. The van der Waals surface area contributed by atoms with Crippen molar-refractivity contribution in [3.8, 4) is 0 Å². The number of carbonyl (C=O) groups is 1. The van der Waals surface area contributed by atoms with Crippen molar-refractivity contribution in [2.45, 2.75) is 31.7 Å². The molecule has 2 aliphatic rings. The Kier molecular flexibility index (Phi) is 4.10. The predicted molar refractivity (Wildman–Crippen MR) is 83.0 cm³/mol. The summed E-state index contributed by atoms with van der Waals surface area (Å²) in [6.07, 6.45) is 6.13. The van der Waals surface area contributed by atoms with Gasteiger partial charge in [-0.3, -0.25) is 14.7 Å². The van der Waals surface area contributed by atoms with Crippen molar-refractivity contribution in [2.24, 2.45) is 11.7 Å². The van der Waals surface area contributed by atoms with Crippen molar-refractivity contribution in [1.82, 2.24) is 9.88 Å². The smallest absolute Gasteiger partial charge is 0.220 e. The first kappa shape index (κ1) is 14.3. The normalized spacial score (nSPS) is 24.4. The summed E-state index contributed by atoms with van der Waals surface area (Å²) in [7, 11) is 2.17. The average molecular weight is 288 g/mol. The third-order valence-corrected chi connectivity index (χ3v) is 4.90. The van der Waals surface area contributed by atoms with Gasteiger partial charge in [-0.25, -0.2) is 0 Å². The van der Waals surface area contributed by atoms with Gasteiger partial charge < -0.3 is 10.6 Å². The Bertz CT molecular complexity index is 494. The molecule has 1 aromatic heterocycles. The quantitative estimate of drug-likeness (QED) is 0.916. The fourth-order valence-corrected chi connectivity index (χ4v) is 3.49. The minimum Gasteiger partial charge on any atom is -0.370 e. The van der Waals surface area contributed by atoms with Gasteiger partial charge in [0.2, 0.25) is 5.91 Å². The Hall–Kier alpha value is -1.62. The van der Waals surface area contributed by atoms with Gasteiger partial charge in [0.25, 0.3) is 0 Å². The number of carbonyl (C=O) groups excluding carboxylic acids is 1. The molecule has 0 spiro atoms. The van der Waals surface area contributed by atoms with E-state index in [1.807, 2.05) is 6.20 Å². The summed E-state index contributed by atoms with van der Waals surface area (Å²) in [6, 6.07) is 4.79. The SMILES string of the molecule is CN1CCCC1c1ccc(N2CCC(C(N)=O)CC2)cn1. The van der Waals surface area contributed by atoms with Crippen LogP contribution in [0.2, 0.25) is 0 Å². The Morgan fingerprint density at radius 1 is 1.24 bits per heavy atom. The summed E-state index contributed by atoms with van der Waals surface area (Å²) in [5.41, 5.74) is 7.71. The van der Waals surface area contributed by atoms with Crippen molar-refractivity contribution in [2.75, 3.05) is 31.6 Å². The van der Waals surface area contributed by atoms with Gasteiger partial charge in [-0.05, 0) is 51.4 Å². The molecule has 0 radical (unpaired) electrons. The number of nitrogens with two attached hydrogens (primary N) is 1. The van der Waals surface area contributed by atoms with Crippen LogP contribution in [0.4, 0.5) is 5.69 Å². The number of hydrogen-bond acceptors (Lipinski definition) is 4. The summed E-state index contributed by atoms with van der Waals surface area (Å²) in [5.74, 6) is -0.118. The molecule has 0 bridgehead atoms. The molecule has 2 N–H and O–H groups in total. The average Bonchev–Trinajstić information content (AvgIpc) is 2.94. The highest BCUT2D eigenvalue weighted by atomic mass is 16.1. The molecule has 5 nitrogen and oxygen atoms in total. The van der Waals surface area contributed by atoms with Crippen LogP contribution in [0, 0.1) is 5.92 Å². The zero-order valence-electron chi connectivity index (χ0n) is 12.7. The number of aromatic nitrogens is 1. The van der Waals surface area contributed by atoms with E-state index in [4.69, 9.17) is 5.73 Å². The van der Waals surface area contributed by atoms with E-state index in [2.05, 4.69) is 34.0 Å². The fourth-order valence-electron chi connectivity index (χ4n) is 3.49. The van der Waals surface area contributed by atoms with Crippen LogP contribution in [0.1, 0.15) is 37.4 Å². The number of amides is 1. The zero-order chi connectivity index (χ0) is 14.8. The summed E-state index contributed by atoms with van der Waals surface area (Å²) in [6.45, 7) is 2.94. The Labute approximate surface area is 126 Å². The second kappa shape index (κ2) is 6.02. The van der Waals surface area contributed by atoms with E-state index in [-0.39, 0.29) is 11.8 Å². The van der Waals surface area contributed by atoms with E-state index in [9.17, 15) is 4.79 Å². The summed E-state index contributed by atoms with van der Waals surface area (Å²) >= 11 is 0. The fraction of sp³-hybridized carbons (Fsp3) is 0.625. The number of pyridine rings is 1. The molecule has 3 rings (SSSR count). The van der Waals surface area contributed by atoms with Crippen LogP contribution < -0.4 is 10.6 Å². The highest BCUT2D eigenvalue weighted by molar-refractivity contribution is 5.77. The molecule has 0 aliphatic carbocycles. The lowest BCUT2D eigenvalue weighted by Crippen LogP contribution is -2.38. The summed E-state index contributed by atoms with van der Waals surface area (Å²) < 4.78 is 0. The molecule has 2 aliphatic heterocycles. The van der Waals surface area contributed by atoms with Crippen LogP contribution in [-0.2, 0) is 4.79 Å². The number of nitrogens with zero attached hydrogens (tertiary/aromatic N) is 3. The van der Waals surface area contributed by atoms with Crippen LogP contribution in [0.5, 0.6) is 0 Å². The zero-order valence-corrected chi connectivity index (χ0v) is 12.7. The molecule has 2 saturated heterocycles. The van der Waals surface area contributed by atoms with Crippen LogP contribution in [0.15, 0.2) is 18.3 Å². The van der Waals surface area contributed by atoms with E-state index in [0.29, 0.717) is 6.04 Å². The largest absolute Gasteiger partial charge is 0.370 e. The molecule has 114 valence electrons. The first-order chi connectivity index (χ1) is 10.1. The van der Waals surface area contributed by atoms with Crippen molar-refractivity contribution >= 4 is 11.6 Å². The number of piperidine rings is 1. The molecule has 21 heavy (non-hydrogen) atoms. The Balaban J connectivity index is 1.64. The number of rotatable bonds is 3. The lowest BCUT2D eigenvalue weighted by atomic mass is 9.96. The van der Waals surface area contributed by atoms with Gasteiger partial charge in [-0.1, -0.05) is 0 Å². The van der Waals surface area contributed by atoms with Crippen molar-refractivity contribution in [3.63, 3.8) is 0 Å². The minimum atomic E-state index is -0.160. The Morgan fingerprint density at radius 2 is 2.00 bits per heavy atom. The maximum atomic E-state index is 11.2. The number of hydrogen-bond donors (Lipinski definition) is 1. The number of likely N-dealkylation sites (tertiary alicyclic amines) is 1. The summed E-state index contributed by atoms with van der Waals surface area (Å²) in [4.78, 5) is 20.5. The molecule has 0 aromatic carbocycles. The first-order valence-electron chi connectivity index (χ1n) is 7.85. The second-order valence-electron chi connectivity index (χ2n) is 6.24. The van der Waals surface area contributed by atoms with E-state index < -0.39 is 0 Å². The third-order valence-electron chi connectivity index (χ3n) is 4.90. The Morgan fingerprint density at radius 3 is 2.52 bits per heavy atom. The topological polar surface area (TPSA) is 62.5 Å². The van der Waals surface area contributed by atoms with Gasteiger partial charge >= 0.3 is 0 Å². The molecular formula is C16H24N4O. The first-order valence-corrected chi connectivity index (χ1v) is 7.85. The maximum Gasteiger partial charge on any atom is 0.220 e. The number of anilines is 1. The van der Waals surface area contributed by atoms with Gasteiger partial charge in [0.05, 0.1) is 23.6 Å². The van der Waals surface area contributed by atoms with Crippen LogP contribution >= 0.6 is 0 Å². The molecular weight excluding hydrogens is 264 g/mol. The van der Waals surface area contributed by atoms with Crippen LogP contribution in [-0.4, -0.2) is 42.5 Å². The molecule has 2 fully saturated rings. The second-order valence-corrected chi connectivity index (χ2v) is 6.24. The lowest BCUT2D eigenvalue weighted by molar-refractivity contribution is -0.122. The maximum absolute atomic E-state index is 11.2. The van der Waals surface area contributed by atoms with Gasteiger partial charge in [0.1, 0.15) is 0 Å².